The van der Waals surface area contributed by atoms with E-state index in [2.05, 4.69) is 20.1 Å². The van der Waals surface area contributed by atoms with E-state index < -0.39 is 82.2 Å². The number of carbonyl (C=O) groups excluding carboxylic acids is 6. The average molecular weight is 915 g/mol. The molecule has 1 unspecified atom stereocenters. The molecule has 0 bridgehead atoms. The summed E-state index contributed by atoms with van der Waals surface area (Å²) in [4.78, 5) is 100. The first-order chi connectivity index (χ1) is 28.5. The molecule has 4 aliphatic heterocycles. The van der Waals surface area contributed by atoms with E-state index in [1.54, 1.807) is 35.0 Å². The number of hydrogen-bond donors (Lipinski definition) is 6. The van der Waals surface area contributed by atoms with Crippen LogP contribution in [0.5, 0.6) is 0 Å². The van der Waals surface area contributed by atoms with Gasteiger partial charge in [0, 0.05) is 60.8 Å². The van der Waals surface area contributed by atoms with Gasteiger partial charge in [0.1, 0.15) is 35.4 Å². The Balaban J connectivity index is 0.000000228. The second-order valence-electron chi connectivity index (χ2n) is 12.5. The second-order valence-corrected chi connectivity index (χ2v) is 16.6. The van der Waals surface area contributed by atoms with Gasteiger partial charge in [0.2, 0.25) is 0 Å². The number of aliphatic carboxylic acids is 2. The van der Waals surface area contributed by atoms with Crippen molar-refractivity contribution in [1.29, 1.82) is 0 Å². The third-order valence-corrected chi connectivity index (χ3v) is 13.8. The number of thiophene rings is 2. The van der Waals surface area contributed by atoms with E-state index in [9.17, 15) is 48.6 Å². The molecule has 324 valence electrons. The first-order valence-corrected chi connectivity index (χ1v) is 20.9. The summed E-state index contributed by atoms with van der Waals surface area (Å²) in [7, 11) is 5.23. The second kappa shape index (κ2) is 19.0. The fraction of sp³-hybridized carbons (Fsp3) is 0.412. The number of rotatable bonds is 16. The van der Waals surface area contributed by atoms with E-state index in [-0.39, 0.29) is 47.3 Å². The molecule has 0 radical (unpaired) electrons. The Hall–Kier alpha value is -5.22. The molecule has 26 heteroatoms. The Labute approximate surface area is 356 Å². The number of β-lactam (4-membered cyclic amide) rings is 2. The van der Waals surface area contributed by atoms with Gasteiger partial charge in [0.25, 0.3) is 35.1 Å². The van der Waals surface area contributed by atoms with Gasteiger partial charge < -0.3 is 60.7 Å². The van der Waals surface area contributed by atoms with Crippen molar-refractivity contribution in [3.05, 3.63) is 67.3 Å². The monoisotopic (exact) mass is 914 g/mol. The fourth-order valence-electron chi connectivity index (χ4n) is 6.51. The summed E-state index contributed by atoms with van der Waals surface area (Å²) < 4.78 is 30.7. The minimum Gasteiger partial charge on any atom is -0.477 e. The van der Waals surface area contributed by atoms with Crippen LogP contribution in [0.4, 0.5) is 9.59 Å². The molecule has 4 aliphatic rings. The van der Waals surface area contributed by atoms with Crippen LogP contribution in [0.15, 0.2) is 57.6 Å². The van der Waals surface area contributed by atoms with E-state index in [1.165, 1.54) is 51.1 Å². The molecule has 2 fully saturated rings. The summed E-state index contributed by atoms with van der Waals surface area (Å²) in [5.74, 6) is -5.21. The number of carboxylic acids is 2. The van der Waals surface area contributed by atoms with Gasteiger partial charge in [-0.1, -0.05) is 12.1 Å². The van der Waals surface area contributed by atoms with Crippen molar-refractivity contribution < 1.29 is 77.0 Å². The van der Waals surface area contributed by atoms with Crippen molar-refractivity contribution in [3.63, 3.8) is 0 Å². The lowest BCUT2D eigenvalue weighted by molar-refractivity contribution is -0.194. The quantitative estimate of drug-likeness (QED) is 0.0986. The molecule has 8 N–H and O–H groups in total. The molecule has 2 saturated heterocycles. The molecule has 22 nitrogen and oxygen atoms in total. The minimum absolute atomic E-state index is 0.128. The first-order valence-electron chi connectivity index (χ1n) is 17.1. The minimum atomic E-state index is -1.76. The molecule has 6 atom stereocenters. The number of primary amides is 2. The van der Waals surface area contributed by atoms with Crippen LogP contribution in [0.3, 0.4) is 0 Å². The molecule has 60 heavy (non-hydrogen) atoms. The number of ether oxygens (including phenoxy) is 6. The first kappa shape index (κ1) is 45.9. The topological polar surface area (TPSA) is 315 Å². The third kappa shape index (κ3) is 8.53. The van der Waals surface area contributed by atoms with Crippen LogP contribution in [0.25, 0.3) is 0 Å². The lowest BCUT2D eigenvalue weighted by Gasteiger charge is -2.55. The van der Waals surface area contributed by atoms with Gasteiger partial charge in [-0.25, -0.2) is 19.2 Å². The molecular weight excluding hydrogens is 877 g/mol. The number of amides is 6. The maximum absolute atomic E-state index is 13.0. The number of methoxy groups -OCH3 is 4. The smallest absolute Gasteiger partial charge is 0.404 e. The highest BCUT2D eigenvalue weighted by Gasteiger charge is 2.68. The average Bonchev–Trinajstić information content (AvgIpc) is 3.96. The molecule has 0 spiro atoms. The number of hydrogen-bond acceptors (Lipinski definition) is 18. The van der Waals surface area contributed by atoms with Crippen molar-refractivity contribution >= 4 is 94.0 Å². The Morgan fingerprint density at radius 1 is 0.717 bits per heavy atom. The van der Waals surface area contributed by atoms with E-state index in [0.29, 0.717) is 9.75 Å². The predicted molar refractivity (Wildman–Crippen MR) is 210 cm³/mol. The van der Waals surface area contributed by atoms with Crippen LogP contribution in [-0.2, 0) is 57.2 Å². The Kier molecular flexibility index (Phi) is 14.5. The van der Waals surface area contributed by atoms with E-state index in [0.717, 1.165) is 33.3 Å². The van der Waals surface area contributed by atoms with Crippen molar-refractivity contribution in [3.8, 4) is 0 Å². The maximum atomic E-state index is 13.0. The van der Waals surface area contributed by atoms with Crippen molar-refractivity contribution in [2.75, 3.05) is 53.2 Å². The number of nitrogens with two attached hydrogens (primary N) is 2. The number of thioether (sulfide) groups is 2. The SMILES string of the molecule is COC(C(=O)N[C@]1(OC)C(=O)N2C(C(=O)O)=C(COC(N)=O)CS[C@@H]21)c1cccs1.CO[C@@H](C(=O)N[C@]1(OC)C(=O)N2C(C(=O)O)=C(COC(N)=O)CS[C@@H]21)c1cccs1. The van der Waals surface area contributed by atoms with Gasteiger partial charge in [-0.2, -0.15) is 0 Å². The van der Waals surface area contributed by atoms with Gasteiger partial charge in [0.05, 0.1) is 0 Å². The highest BCUT2D eigenvalue weighted by molar-refractivity contribution is 8.00. The standard InChI is InChI=1S/2C17H19N3O8S2/c2*1-26-11(9-4-3-5-29-9)12(21)19-17(27-2)14(24)20-10(13(22)23)8(6-28-16(18)25)7-30-15(17)20/h2*3-5,11,15H,6-7H2,1-2H3,(H2,18,25)(H,19,21)(H,22,23)/t11?,15-,17+;11-,15-,17+/m11/s1. The third-order valence-electron chi connectivity index (χ3n) is 9.22. The van der Waals surface area contributed by atoms with Crippen LogP contribution in [-0.4, -0.2) is 143 Å². The van der Waals surface area contributed by atoms with Gasteiger partial charge >= 0.3 is 24.1 Å². The van der Waals surface area contributed by atoms with Gasteiger partial charge in [-0.05, 0) is 22.9 Å². The summed E-state index contributed by atoms with van der Waals surface area (Å²) in [6.07, 6.45) is -4.04. The van der Waals surface area contributed by atoms with Crippen molar-refractivity contribution in [1.82, 2.24) is 20.4 Å². The molecule has 2 aromatic heterocycles. The summed E-state index contributed by atoms with van der Waals surface area (Å²) in [5.41, 5.74) is 6.13. The molecule has 0 aromatic carbocycles. The van der Waals surface area contributed by atoms with Crippen LogP contribution in [0, 0.1) is 0 Å². The lowest BCUT2D eigenvalue weighted by Crippen LogP contribution is -2.81. The van der Waals surface area contributed by atoms with Gasteiger partial charge in [0.15, 0.2) is 12.2 Å². The fourth-order valence-corrected chi connectivity index (χ4v) is 10.9. The summed E-state index contributed by atoms with van der Waals surface area (Å²) in [5, 5.41) is 26.3. The molecule has 6 rings (SSSR count). The predicted octanol–water partition coefficient (Wildman–Crippen LogP) is 0.487. The molecule has 6 heterocycles. The van der Waals surface area contributed by atoms with Crippen LogP contribution < -0.4 is 22.1 Å². The zero-order valence-corrected chi connectivity index (χ0v) is 35.2. The zero-order valence-electron chi connectivity index (χ0n) is 31.9. The summed E-state index contributed by atoms with van der Waals surface area (Å²) >= 11 is 4.95. The molecule has 6 amide bonds. The molecule has 2 aromatic rings. The lowest BCUT2D eigenvalue weighted by atomic mass is 9.97. The molecular formula is C34H38N6O16S4. The number of carbonyl (C=O) groups is 8. The van der Waals surface area contributed by atoms with Crippen molar-refractivity contribution in [2.45, 2.75) is 34.4 Å². The molecule has 0 saturated carbocycles. The van der Waals surface area contributed by atoms with Crippen LogP contribution >= 0.6 is 46.2 Å². The van der Waals surface area contributed by atoms with E-state index in [1.807, 2.05) is 0 Å². The highest BCUT2D eigenvalue weighted by Crippen LogP contribution is 2.48. The van der Waals surface area contributed by atoms with Crippen molar-refractivity contribution in [2.24, 2.45) is 11.5 Å². The van der Waals surface area contributed by atoms with Gasteiger partial charge in [-0.15, -0.1) is 46.2 Å². The number of nitrogens with one attached hydrogen (secondary N) is 2. The Morgan fingerprint density at radius 3 is 1.35 bits per heavy atom. The zero-order chi connectivity index (χ0) is 44.1. The largest absolute Gasteiger partial charge is 0.477 e. The Bertz CT molecular complexity index is 1950. The summed E-state index contributed by atoms with van der Waals surface area (Å²) in [6, 6.07) is 6.97. The maximum Gasteiger partial charge on any atom is 0.404 e. The van der Waals surface area contributed by atoms with E-state index in [4.69, 9.17) is 30.4 Å². The van der Waals surface area contributed by atoms with Crippen LogP contribution in [0.2, 0.25) is 0 Å². The summed E-state index contributed by atoms with van der Waals surface area (Å²) in [6.45, 7) is -0.728. The normalized spacial score (nSPS) is 24.0. The number of carboxylic acid groups (broad SMARTS) is 2. The molecule has 0 aliphatic carbocycles. The van der Waals surface area contributed by atoms with E-state index >= 15 is 0 Å². The Morgan fingerprint density at radius 2 is 1.08 bits per heavy atom. The van der Waals surface area contributed by atoms with Crippen LogP contribution in [0.1, 0.15) is 22.0 Å². The number of fused-ring (bicyclic) bond motifs is 2. The number of nitrogens with zero attached hydrogens (tertiary/aromatic N) is 2. The highest BCUT2D eigenvalue weighted by atomic mass is 32.2. The van der Waals surface area contributed by atoms with Gasteiger partial charge in [-0.3, -0.25) is 29.0 Å².